The Morgan fingerprint density at radius 3 is 2.50 bits per heavy atom. The standard InChI is InChI=1S/C22H31F3N4.HI/c1-2-26-21(27-15-20-8-11-28(16-20)17-22(23,24)25)29-12-9-19(10-13-29)14-18-6-4-3-5-7-18;/h3-7,14,20H,2,8-13,15-17H2,1H3,(H,26,27);1H. The van der Waals surface area contributed by atoms with Crippen LogP contribution in [0, 0.1) is 5.92 Å². The number of benzene rings is 1. The van der Waals surface area contributed by atoms with Crippen LogP contribution in [0.25, 0.3) is 6.08 Å². The molecule has 2 aliphatic heterocycles. The second kappa shape index (κ2) is 11.9. The second-order valence-electron chi connectivity index (χ2n) is 7.90. The van der Waals surface area contributed by atoms with Crippen molar-refractivity contribution in [3.05, 3.63) is 41.5 Å². The number of hydrogen-bond donors (Lipinski definition) is 1. The van der Waals surface area contributed by atoms with Crippen LogP contribution in [0.4, 0.5) is 13.2 Å². The number of likely N-dealkylation sites (tertiary alicyclic amines) is 2. The number of alkyl halides is 3. The molecule has 0 amide bonds. The summed E-state index contributed by atoms with van der Waals surface area (Å²) in [6, 6.07) is 10.4. The number of nitrogens with one attached hydrogen (secondary N) is 1. The average molecular weight is 536 g/mol. The first-order valence-electron chi connectivity index (χ1n) is 10.5. The summed E-state index contributed by atoms with van der Waals surface area (Å²) in [7, 11) is 0. The van der Waals surface area contributed by atoms with E-state index in [1.54, 1.807) is 0 Å². The minimum atomic E-state index is -4.12. The largest absolute Gasteiger partial charge is 0.401 e. The molecular weight excluding hydrogens is 504 g/mol. The fraction of sp³-hybridized carbons (Fsp3) is 0.591. The molecule has 1 atom stereocenters. The highest BCUT2D eigenvalue weighted by Crippen LogP contribution is 2.23. The van der Waals surface area contributed by atoms with Gasteiger partial charge in [0.2, 0.25) is 0 Å². The number of guanidine groups is 1. The Hall–Kier alpha value is -1.29. The Morgan fingerprint density at radius 1 is 1.17 bits per heavy atom. The van der Waals surface area contributed by atoms with Crippen LogP contribution in [0.1, 0.15) is 31.7 Å². The van der Waals surface area contributed by atoms with E-state index in [4.69, 9.17) is 4.99 Å². The Balaban J connectivity index is 0.00000320. The molecule has 168 valence electrons. The van der Waals surface area contributed by atoms with Gasteiger partial charge in [0, 0.05) is 32.7 Å². The minimum absolute atomic E-state index is 0. The molecule has 2 fully saturated rings. The van der Waals surface area contributed by atoms with Crippen molar-refractivity contribution in [1.29, 1.82) is 0 Å². The molecule has 1 unspecified atom stereocenters. The predicted molar refractivity (Wildman–Crippen MR) is 127 cm³/mol. The van der Waals surface area contributed by atoms with Crippen molar-refractivity contribution in [2.45, 2.75) is 32.4 Å². The molecule has 1 aromatic rings. The predicted octanol–water partition coefficient (Wildman–Crippen LogP) is 4.63. The van der Waals surface area contributed by atoms with Crippen LogP contribution in [0.5, 0.6) is 0 Å². The molecular formula is C22H32F3IN4. The van der Waals surface area contributed by atoms with Gasteiger partial charge in [0.25, 0.3) is 0 Å². The van der Waals surface area contributed by atoms with Gasteiger partial charge in [-0.25, -0.2) is 0 Å². The molecule has 8 heteroatoms. The van der Waals surface area contributed by atoms with Gasteiger partial charge in [0.15, 0.2) is 5.96 Å². The normalized spacial score (nSPS) is 20.8. The smallest absolute Gasteiger partial charge is 0.357 e. The number of halogens is 4. The molecule has 0 aliphatic carbocycles. The molecule has 0 bridgehead atoms. The fourth-order valence-electron chi connectivity index (χ4n) is 4.04. The van der Waals surface area contributed by atoms with Crippen molar-refractivity contribution in [2.24, 2.45) is 10.9 Å². The van der Waals surface area contributed by atoms with E-state index in [1.165, 1.54) is 16.0 Å². The Morgan fingerprint density at radius 2 is 1.87 bits per heavy atom. The van der Waals surface area contributed by atoms with Crippen molar-refractivity contribution in [3.63, 3.8) is 0 Å². The summed E-state index contributed by atoms with van der Waals surface area (Å²) in [5.74, 6) is 1.09. The van der Waals surface area contributed by atoms with E-state index in [-0.39, 0.29) is 29.9 Å². The van der Waals surface area contributed by atoms with Gasteiger partial charge in [-0.15, -0.1) is 24.0 Å². The lowest BCUT2D eigenvalue weighted by Gasteiger charge is -2.31. The summed E-state index contributed by atoms with van der Waals surface area (Å²) < 4.78 is 37.7. The van der Waals surface area contributed by atoms with Crippen LogP contribution >= 0.6 is 24.0 Å². The molecule has 2 heterocycles. The minimum Gasteiger partial charge on any atom is -0.357 e. The molecule has 4 nitrogen and oxygen atoms in total. The van der Waals surface area contributed by atoms with E-state index < -0.39 is 12.7 Å². The maximum Gasteiger partial charge on any atom is 0.401 e. The van der Waals surface area contributed by atoms with Crippen molar-refractivity contribution >= 4 is 36.0 Å². The third kappa shape index (κ3) is 8.09. The van der Waals surface area contributed by atoms with Gasteiger partial charge in [0.1, 0.15) is 0 Å². The van der Waals surface area contributed by atoms with Gasteiger partial charge < -0.3 is 10.2 Å². The lowest BCUT2D eigenvalue weighted by Crippen LogP contribution is -2.44. The maximum atomic E-state index is 12.6. The maximum absolute atomic E-state index is 12.6. The van der Waals surface area contributed by atoms with Crippen LogP contribution in [0.2, 0.25) is 0 Å². The Bertz CT molecular complexity index is 696. The lowest BCUT2D eigenvalue weighted by atomic mass is 10.0. The highest BCUT2D eigenvalue weighted by molar-refractivity contribution is 14.0. The summed E-state index contributed by atoms with van der Waals surface area (Å²) in [4.78, 5) is 8.53. The molecule has 1 N–H and O–H groups in total. The highest BCUT2D eigenvalue weighted by atomic mass is 127. The molecule has 30 heavy (non-hydrogen) atoms. The molecule has 2 saturated heterocycles. The molecule has 0 spiro atoms. The summed E-state index contributed by atoms with van der Waals surface area (Å²) in [6.07, 6.45) is 0.939. The van der Waals surface area contributed by atoms with Crippen LogP contribution in [0.15, 0.2) is 40.9 Å². The van der Waals surface area contributed by atoms with Crippen LogP contribution in [-0.4, -0.2) is 67.7 Å². The summed E-state index contributed by atoms with van der Waals surface area (Å²) in [5, 5.41) is 3.35. The van der Waals surface area contributed by atoms with Crippen molar-refractivity contribution in [3.8, 4) is 0 Å². The summed E-state index contributed by atoms with van der Waals surface area (Å²) in [6.45, 7) is 5.41. The summed E-state index contributed by atoms with van der Waals surface area (Å²) in [5.41, 5.74) is 2.68. The van der Waals surface area contributed by atoms with Crippen LogP contribution in [-0.2, 0) is 0 Å². The SMILES string of the molecule is CCNC(=NCC1CCN(CC(F)(F)F)C1)N1CCC(=Cc2ccccc2)CC1.I. The van der Waals surface area contributed by atoms with Gasteiger partial charge in [-0.2, -0.15) is 13.2 Å². The first-order valence-corrected chi connectivity index (χ1v) is 10.5. The zero-order valence-electron chi connectivity index (χ0n) is 17.5. The van der Waals surface area contributed by atoms with E-state index in [0.717, 1.165) is 44.9 Å². The van der Waals surface area contributed by atoms with Crippen LogP contribution in [0.3, 0.4) is 0 Å². The van der Waals surface area contributed by atoms with Gasteiger partial charge >= 0.3 is 6.18 Å². The van der Waals surface area contributed by atoms with Crippen molar-refractivity contribution in [2.75, 3.05) is 45.8 Å². The van der Waals surface area contributed by atoms with Gasteiger partial charge in [-0.3, -0.25) is 9.89 Å². The zero-order chi connectivity index (χ0) is 20.7. The van der Waals surface area contributed by atoms with Crippen molar-refractivity contribution in [1.82, 2.24) is 15.1 Å². The van der Waals surface area contributed by atoms with E-state index in [0.29, 0.717) is 19.6 Å². The Kier molecular flexibility index (Phi) is 9.93. The molecule has 1 aromatic carbocycles. The third-order valence-corrected chi connectivity index (χ3v) is 5.48. The molecule has 3 rings (SSSR count). The first kappa shape index (κ1) is 25.0. The number of nitrogens with zero attached hydrogens (tertiary/aromatic N) is 3. The van der Waals surface area contributed by atoms with E-state index in [2.05, 4.69) is 40.6 Å². The van der Waals surface area contributed by atoms with Gasteiger partial charge in [0.05, 0.1) is 6.54 Å². The van der Waals surface area contributed by atoms with E-state index in [9.17, 15) is 13.2 Å². The molecule has 0 aromatic heterocycles. The molecule has 0 radical (unpaired) electrons. The van der Waals surface area contributed by atoms with E-state index >= 15 is 0 Å². The quantitative estimate of drug-likeness (QED) is 0.338. The van der Waals surface area contributed by atoms with Crippen molar-refractivity contribution < 1.29 is 13.2 Å². The van der Waals surface area contributed by atoms with Gasteiger partial charge in [-0.1, -0.05) is 42.0 Å². The second-order valence-corrected chi connectivity index (χ2v) is 7.90. The highest BCUT2D eigenvalue weighted by Gasteiger charge is 2.34. The Labute approximate surface area is 194 Å². The number of hydrogen-bond acceptors (Lipinski definition) is 2. The first-order chi connectivity index (χ1) is 13.9. The van der Waals surface area contributed by atoms with Crippen LogP contribution < -0.4 is 5.32 Å². The zero-order valence-corrected chi connectivity index (χ0v) is 19.8. The third-order valence-electron chi connectivity index (χ3n) is 5.48. The molecule has 0 saturated carbocycles. The summed E-state index contributed by atoms with van der Waals surface area (Å²) >= 11 is 0. The number of aliphatic imine (C=N–C) groups is 1. The fourth-order valence-corrected chi connectivity index (χ4v) is 4.04. The number of piperidine rings is 1. The topological polar surface area (TPSA) is 30.9 Å². The monoisotopic (exact) mass is 536 g/mol. The lowest BCUT2D eigenvalue weighted by molar-refractivity contribution is -0.143. The number of rotatable bonds is 5. The average Bonchev–Trinajstić information content (AvgIpc) is 3.12. The van der Waals surface area contributed by atoms with E-state index in [1.807, 2.05) is 13.0 Å². The van der Waals surface area contributed by atoms with Gasteiger partial charge in [-0.05, 0) is 44.2 Å². The molecule has 2 aliphatic rings.